The smallest absolute Gasteiger partial charge is 0.310 e. The molecule has 1 heterocycles. The van der Waals surface area contributed by atoms with Crippen LogP contribution in [0.25, 0.3) is 0 Å². The number of fused-ring (bicyclic) bond motifs is 1. The molecule has 90 valence electrons. The Labute approximate surface area is 99.9 Å². The van der Waals surface area contributed by atoms with Crippen LogP contribution in [0.3, 0.4) is 0 Å². The van der Waals surface area contributed by atoms with Gasteiger partial charge in [0.1, 0.15) is 0 Å². The van der Waals surface area contributed by atoms with Crippen LogP contribution in [-0.2, 0) is 16.0 Å². The molecule has 0 aromatic heterocycles. The fourth-order valence-electron chi connectivity index (χ4n) is 2.26. The molecule has 17 heavy (non-hydrogen) atoms. The summed E-state index contributed by atoms with van der Waals surface area (Å²) in [5, 5.41) is 9.10. The van der Waals surface area contributed by atoms with Gasteiger partial charge in [0.25, 0.3) is 0 Å². The molecule has 1 unspecified atom stereocenters. The fraction of sp³-hybridized carbons (Fsp3) is 0.385. The summed E-state index contributed by atoms with van der Waals surface area (Å²) in [6.45, 7) is 1.85. The molecule has 1 atom stereocenters. The maximum Gasteiger partial charge on any atom is 0.310 e. The van der Waals surface area contributed by atoms with E-state index in [1.54, 1.807) is 18.0 Å². The van der Waals surface area contributed by atoms with Gasteiger partial charge in [-0.2, -0.15) is 0 Å². The summed E-state index contributed by atoms with van der Waals surface area (Å²) in [5.41, 5.74) is 2.59. The maximum atomic E-state index is 11.5. The van der Waals surface area contributed by atoms with E-state index in [4.69, 9.17) is 5.11 Å². The molecule has 1 aromatic rings. The second kappa shape index (κ2) is 4.20. The van der Waals surface area contributed by atoms with Crippen molar-refractivity contribution in [2.24, 2.45) is 0 Å². The van der Waals surface area contributed by atoms with Gasteiger partial charge in [0.15, 0.2) is 0 Å². The largest absolute Gasteiger partial charge is 0.481 e. The molecule has 1 aliphatic heterocycles. The Balaban J connectivity index is 2.39. The first kappa shape index (κ1) is 11.6. The molecule has 1 amide bonds. The number of carboxylic acid groups (broad SMARTS) is 1. The highest BCUT2D eigenvalue weighted by Gasteiger charge is 2.26. The zero-order valence-corrected chi connectivity index (χ0v) is 9.93. The second-order valence-electron chi connectivity index (χ2n) is 4.32. The number of carboxylic acids is 1. The maximum absolute atomic E-state index is 11.5. The number of aliphatic carboxylic acids is 1. The van der Waals surface area contributed by atoms with Crippen molar-refractivity contribution in [2.45, 2.75) is 25.7 Å². The molecule has 1 aliphatic rings. The Morgan fingerprint density at radius 2 is 2.24 bits per heavy atom. The van der Waals surface area contributed by atoms with Crippen LogP contribution in [0.4, 0.5) is 5.69 Å². The van der Waals surface area contributed by atoms with Gasteiger partial charge in [-0.1, -0.05) is 19.1 Å². The highest BCUT2D eigenvalue weighted by molar-refractivity contribution is 6.01. The first-order chi connectivity index (χ1) is 8.04. The molecular formula is C13H15NO3. The molecule has 0 spiro atoms. The van der Waals surface area contributed by atoms with Crippen molar-refractivity contribution in [3.05, 3.63) is 29.3 Å². The van der Waals surface area contributed by atoms with Crippen molar-refractivity contribution in [3.8, 4) is 0 Å². The third-order valence-electron chi connectivity index (χ3n) is 3.29. The second-order valence-corrected chi connectivity index (χ2v) is 4.32. The minimum absolute atomic E-state index is 0.0560. The SMILES string of the molecule is CCC(C(=O)O)c1ccc2c(c1)CC(=O)N2C. The summed E-state index contributed by atoms with van der Waals surface area (Å²) in [6, 6.07) is 5.48. The molecule has 1 N–H and O–H groups in total. The van der Waals surface area contributed by atoms with Crippen molar-refractivity contribution in [1.29, 1.82) is 0 Å². The van der Waals surface area contributed by atoms with Crippen molar-refractivity contribution < 1.29 is 14.7 Å². The van der Waals surface area contributed by atoms with Crippen LogP contribution in [0, 0.1) is 0 Å². The molecule has 0 aliphatic carbocycles. The average molecular weight is 233 g/mol. The van der Waals surface area contributed by atoms with Crippen LogP contribution in [0.5, 0.6) is 0 Å². The van der Waals surface area contributed by atoms with Gasteiger partial charge in [0.2, 0.25) is 5.91 Å². The summed E-state index contributed by atoms with van der Waals surface area (Å²) < 4.78 is 0. The quantitative estimate of drug-likeness (QED) is 0.865. The van der Waals surface area contributed by atoms with Crippen LogP contribution in [-0.4, -0.2) is 24.0 Å². The molecule has 1 aromatic carbocycles. The van der Waals surface area contributed by atoms with Crippen molar-refractivity contribution >= 4 is 17.6 Å². The highest BCUT2D eigenvalue weighted by Crippen LogP contribution is 2.31. The van der Waals surface area contributed by atoms with Gasteiger partial charge in [0.05, 0.1) is 12.3 Å². The van der Waals surface area contributed by atoms with Crippen LogP contribution < -0.4 is 4.90 Å². The van der Waals surface area contributed by atoms with Gasteiger partial charge in [-0.05, 0) is 23.6 Å². The van der Waals surface area contributed by atoms with E-state index in [2.05, 4.69) is 0 Å². The number of anilines is 1. The van der Waals surface area contributed by atoms with Crippen molar-refractivity contribution in [1.82, 2.24) is 0 Å². The molecule has 4 heteroatoms. The number of carbonyl (C=O) groups excluding carboxylic acids is 1. The predicted octanol–water partition coefficient (Wildman–Crippen LogP) is 1.78. The van der Waals surface area contributed by atoms with Crippen LogP contribution in [0.15, 0.2) is 18.2 Å². The minimum atomic E-state index is -0.815. The van der Waals surface area contributed by atoms with Gasteiger partial charge in [-0.25, -0.2) is 0 Å². The number of amides is 1. The molecule has 0 saturated carbocycles. The lowest BCUT2D eigenvalue weighted by Gasteiger charge is -2.13. The molecule has 0 fully saturated rings. The van der Waals surface area contributed by atoms with Crippen LogP contribution in [0.2, 0.25) is 0 Å². The van der Waals surface area contributed by atoms with E-state index in [0.29, 0.717) is 12.8 Å². The summed E-state index contributed by atoms with van der Waals surface area (Å²) in [4.78, 5) is 24.2. The topological polar surface area (TPSA) is 57.6 Å². The van der Waals surface area contributed by atoms with Gasteiger partial charge in [-0.3, -0.25) is 9.59 Å². The zero-order chi connectivity index (χ0) is 12.6. The molecule has 0 saturated heterocycles. The van der Waals surface area contributed by atoms with E-state index in [0.717, 1.165) is 16.8 Å². The number of carbonyl (C=O) groups is 2. The van der Waals surface area contributed by atoms with Crippen molar-refractivity contribution in [2.75, 3.05) is 11.9 Å². The Bertz CT molecular complexity index is 482. The van der Waals surface area contributed by atoms with Crippen molar-refractivity contribution in [3.63, 3.8) is 0 Å². The minimum Gasteiger partial charge on any atom is -0.481 e. The zero-order valence-electron chi connectivity index (χ0n) is 9.93. The number of hydrogen-bond donors (Lipinski definition) is 1. The van der Waals surface area contributed by atoms with Gasteiger partial charge in [0, 0.05) is 12.7 Å². The van der Waals surface area contributed by atoms with Gasteiger partial charge < -0.3 is 10.0 Å². The lowest BCUT2D eigenvalue weighted by molar-refractivity contribution is -0.138. The Morgan fingerprint density at radius 3 is 2.82 bits per heavy atom. The van der Waals surface area contributed by atoms with E-state index in [1.165, 1.54) is 0 Å². The molecular weight excluding hydrogens is 218 g/mol. The number of rotatable bonds is 3. The third-order valence-corrected chi connectivity index (χ3v) is 3.29. The number of hydrogen-bond acceptors (Lipinski definition) is 2. The van der Waals surface area contributed by atoms with E-state index in [9.17, 15) is 9.59 Å². The summed E-state index contributed by atoms with van der Waals surface area (Å²) in [7, 11) is 1.74. The summed E-state index contributed by atoms with van der Waals surface area (Å²) >= 11 is 0. The monoisotopic (exact) mass is 233 g/mol. The number of nitrogens with zero attached hydrogens (tertiary/aromatic N) is 1. The van der Waals surface area contributed by atoms with E-state index in [-0.39, 0.29) is 5.91 Å². The molecule has 4 nitrogen and oxygen atoms in total. The summed E-state index contributed by atoms with van der Waals surface area (Å²) in [5.74, 6) is -1.24. The first-order valence-electron chi connectivity index (χ1n) is 5.66. The van der Waals surface area contributed by atoms with E-state index in [1.807, 2.05) is 19.1 Å². The van der Waals surface area contributed by atoms with E-state index >= 15 is 0 Å². The van der Waals surface area contributed by atoms with Gasteiger partial charge >= 0.3 is 5.97 Å². The average Bonchev–Trinajstić information content (AvgIpc) is 2.55. The van der Waals surface area contributed by atoms with Crippen LogP contribution in [0.1, 0.15) is 30.4 Å². The standard InChI is InChI=1S/C13H15NO3/c1-3-10(13(16)17)8-4-5-11-9(6-8)7-12(15)14(11)2/h4-6,10H,3,7H2,1-2H3,(H,16,17). The fourth-order valence-corrected chi connectivity index (χ4v) is 2.26. The third kappa shape index (κ3) is 1.90. The number of likely N-dealkylation sites (N-methyl/N-ethyl adjacent to an activating group) is 1. The first-order valence-corrected chi connectivity index (χ1v) is 5.66. The molecule has 0 bridgehead atoms. The lowest BCUT2D eigenvalue weighted by Crippen LogP contribution is -2.20. The Hall–Kier alpha value is -1.84. The van der Waals surface area contributed by atoms with Gasteiger partial charge in [-0.15, -0.1) is 0 Å². The highest BCUT2D eigenvalue weighted by atomic mass is 16.4. The normalized spacial score (nSPS) is 15.9. The predicted molar refractivity (Wildman–Crippen MR) is 64.2 cm³/mol. The molecule has 0 radical (unpaired) electrons. The Morgan fingerprint density at radius 1 is 1.53 bits per heavy atom. The number of benzene rings is 1. The van der Waals surface area contributed by atoms with E-state index < -0.39 is 11.9 Å². The van der Waals surface area contributed by atoms with Crippen LogP contribution >= 0.6 is 0 Å². The lowest BCUT2D eigenvalue weighted by atomic mass is 9.94. The Kier molecular flexibility index (Phi) is 2.88. The molecule has 2 rings (SSSR count). The summed E-state index contributed by atoms with van der Waals surface area (Å²) in [6.07, 6.45) is 0.924.